The molecule has 0 radical (unpaired) electrons. The largest absolute Gasteiger partial charge is 0.480 e. The Kier molecular flexibility index (Phi) is 4.45. The Morgan fingerprint density at radius 2 is 2.15 bits per heavy atom. The van der Waals surface area contributed by atoms with E-state index in [1.165, 1.54) is 5.56 Å². The maximum absolute atomic E-state index is 13.2. The van der Waals surface area contributed by atoms with Crippen molar-refractivity contribution >= 4 is 11.9 Å². The van der Waals surface area contributed by atoms with Gasteiger partial charge in [-0.15, -0.1) is 0 Å². The molecule has 142 valence electrons. The number of aromatic nitrogens is 3. The van der Waals surface area contributed by atoms with Crippen LogP contribution in [0.2, 0.25) is 0 Å². The summed E-state index contributed by atoms with van der Waals surface area (Å²) in [7, 11) is 5.45. The molecule has 2 aliphatic rings. The number of pyridine rings is 1. The first-order chi connectivity index (χ1) is 13.0. The van der Waals surface area contributed by atoms with Crippen molar-refractivity contribution in [2.75, 3.05) is 39.2 Å². The third-order valence-corrected chi connectivity index (χ3v) is 5.69. The van der Waals surface area contributed by atoms with Gasteiger partial charge in [0.05, 0.1) is 12.8 Å². The van der Waals surface area contributed by atoms with E-state index in [2.05, 4.69) is 9.97 Å². The van der Waals surface area contributed by atoms with Crippen LogP contribution in [0, 0.1) is 0 Å². The Morgan fingerprint density at radius 1 is 1.30 bits per heavy atom. The summed E-state index contributed by atoms with van der Waals surface area (Å²) in [5, 5.41) is 0. The van der Waals surface area contributed by atoms with E-state index in [-0.39, 0.29) is 11.3 Å². The lowest BCUT2D eigenvalue weighted by Crippen LogP contribution is -2.48. The van der Waals surface area contributed by atoms with Crippen molar-refractivity contribution in [2.24, 2.45) is 0 Å². The van der Waals surface area contributed by atoms with Crippen LogP contribution in [-0.4, -0.2) is 60.1 Å². The quantitative estimate of drug-likeness (QED) is 0.827. The van der Waals surface area contributed by atoms with E-state index >= 15 is 0 Å². The van der Waals surface area contributed by atoms with Gasteiger partial charge in [0.2, 0.25) is 11.8 Å². The molecule has 7 nitrogen and oxygen atoms in total. The molecule has 0 saturated carbocycles. The van der Waals surface area contributed by atoms with Gasteiger partial charge in [-0.3, -0.25) is 4.79 Å². The molecule has 1 atom stereocenters. The minimum Gasteiger partial charge on any atom is -0.480 e. The molecule has 1 spiro atoms. The van der Waals surface area contributed by atoms with Crippen LogP contribution in [0.4, 0.5) is 5.95 Å². The van der Waals surface area contributed by atoms with Crippen molar-refractivity contribution in [3.63, 3.8) is 0 Å². The molecule has 2 aromatic rings. The lowest BCUT2D eigenvalue weighted by Gasteiger charge is -2.40. The molecule has 1 unspecified atom stereocenters. The van der Waals surface area contributed by atoms with Crippen molar-refractivity contribution in [1.82, 2.24) is 19.9 Å². The molecule has 27 heavy (non-hydrogen) atoms. The lowest BCUT2D eigenvalue weighted by molar-refractivity contribution is 0.0629. The number of ether oxygens (including phenoxy) is 1. The fraction of sp³-hybridized carbons (Fsp3) is 0.500. The fourth-order valence-corrected chi connectivity index (χ4v) is 4.34. The molecule has 3 heterocycles. The topological polar surface area (TPSA) is 71.5 Å². The number of carbonyl (C=O) groups excluding carboxylic acids is 1. The summed E-state index contributed by atoms with van der Waals surface area (Å²) < 4.78 is 5.29. The van der Waals surface area contributed by atoms with E-state index in [1.54, 1.807) is 25.4 Å². The molecule has 0 N–H and O–H groups in total. The van der Waals surface area contributed by atoms with Gasteiger partial charge in [0.15, 0.2) is 0 Å². The highest BCUT2D eigenvalue weighted by molar-refractivity contribution is 5.96. The number of amides is 1. The van der Waals surface area contributed by atoms with E-state index in [0.717, 1.165) is 43.9 Å². The smallest absolute Gasteiger partial charge is 0.259 e. The maximum atomic E-state index is 13.2. The van der Waals surface area contributed by atoms with Gasteiger partial charge in [-0.05, 0) is 43.4 Å². The molecular weight excluding hydrogens is 342 g/mol. The van der Waals surface area contributed by atoms with E-state index < -0.39 is 0 Å². The first-order valence-electron chi connectivity index (χ1n) is 9.36. The zero-order valence-electron chi connectivity index (χ0n) is 16.1. The van der Waals surface area contributed by atoms with Gasteiger partial charge >= 0.3 is 0 Å². The van der Waals surface area contributed by atoms with Crippen LogP contribution < -0.4 is 9.64 Å². The number of carbonyl (C=O) groups is 1. The van der Waals surface area contributed by atoms with Crippen LogP contribution in [-0.2, 0) is 11.8 Å². The number of fused-ring (bicyclic) bond motifs is 2. The molecule has 1 fully saturated rings. The monoisotopic (exact) mass is 367 g/mol. The van der Waals surface area contributed by atoms with Gasteiger partial charge in [-0.25, -0.2) is 15.0 Å². The standard InChI is InChI=1S/C20H25N5O2/c1-24(2)19-22-12-14-7-9-20(16(14)23-19)8-5-11-25(13-20)18(26)15-6-4-10-21-17(15)27-3/h4,6,10,12H,5,7-9,11,13H2,1-3H3. The van der Waals surface area contributed by atoms with Crippen LogP contribution in [0.15, 0.2) is 24.5 Å². The van der Waals surface area contributed by atoms with Crippen molar-refractivity contribution in [3.05, 3.63) is 41.3 Å². The fourth-order valence-electron chi connectivity index (χ4n) is 4.34. The molecule has 1 aliphatic heterocycles. The summed E-state index contributed by atoms with van der Waals surface area (Å²) in [6, 6.07) is 3.56. The Bertz CT molecular complexity index is 865. The number of methoxy groups -OCH3 is 1. The van der Waals surface area contributed by atoms with Crippen LogP contribution in [0.3, 0.4) is 0 Å². The summed E-state index contributed by atoms with van der Waals surface area (Å²) in [6.07, 6.45) is 7.60. The predicted molar refractivity (Wildman–Crippen MR) is 102 cm³/mol. The molecule has 1 aliphatic carbocycles. The zero-order valence-corrected chi connectivity index (χ0v) is 16.1. The molecular formula is C20H25N5O2. The second-order valence-electron chi connectivity index (χ2n) is 7.61. The number of anilines is 1. The third kappa shape index (κ3) is 3.01. The van der Waals surface area contributed by atoms with Crippen molar-refractivity contribution in [3.8, 4) is 5.88 Å². The van der Waals surface area contributed by atoms with Gasteiger partial charge < -0.3 is 14.5 Å². The summed E-state index contributed by atoms with van der Waals surface area (Å²) >= 11 is 0. The van der Waals surface area contributed by atoms with Crippen molar-refractivity contribution < 1.29 is 9.53 Å². The van der Waals surface area contributed by atoms with Crippen LogP contribution in [0.1, 0.15) is 40.9 Å². The highest BCUT2D eigenvalue weighted by atomic mass is 16.5. The van der Waals surface area contributed by atoms with Gasteiger partial charge in [-0.2, -0.15) is 0 Å². The normalized spacial score (nSPS) is 21.2. The molecule has 7 heteroatoms. The minimum absolute atomic E-state index is 0.0191. The molecule has 1 saturated heterocycles. The molecule has 0 bridgehead atoms. The SMILES string of the molecule is COc1ncccc1C(=O)N1CCCC2(CCc3cnc(N(C)C)nc32)C1. The number of aryl methyl sites for hydroxylation is 1. The maximum Gasteiger partial charge on any atom is 0.259 e. The average Bonchev–Trinajstić information content (AvgIpc) is 3.04. The Hall–Kier alpha value is -2.70. The van der Waals surface area contributed by atoms with Gasteiger partial charge in [0.25, 0.3) is 5.91 Å². The lowest BCUT2D eigenvalue weighted by atomic mass is 9.77. The molecule has 4 rings (SSSR count). The van der Waals surface area contributed by atoms with Gasteiger partial charge in [-0.1, -0.05) is 0 Å². The van der Waals surface area contributed by atoms with E-state index in [9.17, 15) is 4.79 Å². The second-order valence-corrected chi connectivity index (χ2v) is 7.61. The predicted octanol–water partition coefficient (Wildman–Crippen LogP) is 2.07. The van der Waals surface area contributed by atoms with Gasteiger partial charge in [0.1, 0.15) is 5.56 Å². The highest BCUT2D eigenvalue weighted by Crippen LogP contribution is 2.44. The van der Waals surface area contributed by atoms with Crippen LogP contribution in [0.25, 0.3) is 0 Å². The molecule has 1 amide bonds. The van der Waals surface area contributed by atoms with E-state index in [1.807, 2.05) is 30.1 Å². The first-order valence-corrected chi connectivity index (χ1v) is 9.36. The number of nitrogens with zero attached hydrogens (tertiary/aromatic N) is 5. The van der Waals surface area contributed by atoms with E-state index in [0.29, 0.717) is 18.0 Å². The summed E-state index contributed by atoms with van der Waals surface area (Å²) in [5.74, 6) is 1.09. The minimum atomic E-state index is -0.0770. The Labute approximate surface area is 159 Å². The number of piperidine rings is 1. The number of hydrogen-bond donors (Lipinski definition) is 0. The zero-order chi connectivity index (χ0) is 19.0. The third-order valence-electron chi connectivity index (χ3n) is 5.69. The molecule has 2 aromatic heterocycles. The number of hydrogen-bond acceptors (Lipinski definition) is 6. The Balaban J connectivity index is 1.65. The first kappa shape index (κ1) is 17.7. The summed E-state index contributed by atoms with van der Waals surface area (Å²) in [6.45, 7) is 1.43. The number of likely N-dealkylation sites (tertiary alicyclic amines) is 1. The average molecular weight is 367 g/mol. The van der Waals surface area contributed by atoms with Crippen LogP contribution >= 0.6 is 0 Å². The van der Waals surface area contributed by atoms with Crippen LogP contribution in [0.5, 0.6) is 5.88 Å². The molecule has 0 aromatic carbocycles. The van der Waals surface area contributed by atoms with Crippen molar-refractivity contribution in [2.45, 2.75) is 31.1 Å². The Morgan fingerprint density at radius 3 is 2.93 bits per heavy atom. The highest BCUT2D eigenvalue weighted by Gasteiger charge is 2.45. The van der Waals surface area contributed by atoms with E-state index in [4.69, 9.17) is 9.72 Å². The summed E-state index contributed by atoms with van der Waals surface area (Å²) in [5.41, 5.74) is 2.78. The summed E-state index contributed by atoms with van der Waals surface area (Å²) in [4.78, 5) is 30.5. The second kappa shape index (κ2) is 6.79. The van der Waals surface area contributed by atoms with Gasteiger partial charge in [0, 0.05) is 45.0 Å². The number of rotatable bonds is 3. The van der Waals surface area contributed by atoms with Crippen molar-refractivity contribution in [1.29, 1.82) is 0 Å².